The first-order valence-electron chi connectivity index (χ1n) is 16.4. The molecule has 2 atom stereocenters. The number of fused-ring (bicyclic) bond motifs is 2. The Morgan fingerprint density at radius 1 is 0.654 bits per heavy atom. The number of Topliss-reactive ketones (excluding diaryl/α,β-unsaturated/α-hetero) is 2. The summed E-state index contributed by atoms with van der Waals surface area (Å²) in [5.41, 5.74) is 5.28. The van der Waals surface area contributed by atoms with E-state index in [1.54, 1.807) is 35.9 Å². The topological polar surface area (TPSA) is 100 Å². The largest absolute Gasteiger partial charge is 0.488 e. The highest BCUT2D eigenvalue weighted by Crippen LogP contribution is 2.55. The van der Waals surface area contributed by atoms with Gasteiger partial charge in [0.1, 0.15) is 0 Å². The third kappa shape index (κ3) is 7.62. The minimum atomic E-state index is -1.38. The van der Waals surface area contributed by atoms with Gasteiger partial charge >= 0.3 is 7.12 Å². The van der Waals surface area contributed by atoms with Crippen molar-refractivity contribution in [3.05, 3.63) is 156 Å². The van der Waals surface area contributed by atoms with Gasteiger partial charge in [-0.25, -0.2) is 0 Å². The Labute approximate surface area is 329 Å². The van der Waals surface area contributed by atoms with Gasteiger partial charge < -0.3 is 10.0 Å². The quantitative estimate of drug-likeness (QED) is 0.172. The molecule has 12 heteroatoms. The van der Waals surface area contributed by atoms with Crippen molar-refractivity contribution < 1.29 is 19.6 Å². The van der Waals surface area contributed by atoms with Crippen molar-refractivity contribution in [1.29, 1.82) is 0 Å². The van der Waals surface area contributed by atoms with Crippen LogP contribution in [0.2, 0.25) is 10.0 Å². The van der Waals surface area contributed by atoms with E-state index in [2.05, 4.69) is 38.0 Å². The molecule has 264 valence electrons. The average molecular weight is 832 g/mol. The highest BCUT2D eigenvalue weighted by atomic mass is 79.9. The van der Waals surface area contributed by atoms with Gasteiger partial charge in [0.15, 0.2) is 11.6 Å². The Morgan fingerprint density at radius 3 is 1.52 bits per heavy atom. The van der Waals surface area contributed by atoms with Crippen LogP contribution in [-0.2, 0) is 0 Å². The molecule has 4 heterocycles. The van der Waals surface area contributed by atoms with Gasteiger partial charge in [0.2, 0.25) is 0 Å². The molecule has 2 aliphatic rings. The molecule has 6 nitrogen and oxygen atoms in total. The standard InChI is InChI=1S/C20H16ClNOS.C15H12BrClOS.C5H6BNO2/c1-20(2)17(13-3-5-14(21)6-4-13)15-11-16(24-18(15)19(20)23)12-7-9-22-10-8-12;1-15(2)12(8-3-5-9(17)6-4-8)10-7-11(16)19-13(10)14(15)18;8-6(9)5-1-3-7-4-2-5/h3-11,17H,1-2H3;3-7,12H,1-2H3;1-4,8-9H. The van der Waals surface area contributed by atoms with Gasteiger partial charge in [0.05, 0.1) is 13.5 Å². The normalized spacial score (nSPS) is 17.7. The van der Waals surface area contributed by atoms with E-state index >= 15 is 0 Å². The molecule has 8 rings (SSSR count). The van der Waals surface area contributed by atoms with Gasteiger partial charge in [-0.2, -0.15) is 0 Å². The van der Waals surface area contributed by atoms with Crippen LogP contribution < -0.4 is 5.46 Å². The maximum atomic E-state index is 13.0. The smallest absolute Gasteiger partial charge is 0.423 e. The van der Waals surface area contributed by atoms with Crippen LogP contribution in [-0.4, -0.2) is 38.7 Å². The molecule has 0 fully saturated rings. The van der Waals surface area contributed by atoms with E-state index in [0.717, 1.165) is 51.3 Å². The molecule has 0 amide bonds. The molecule has 0 radical (unpaired) electrons. The molecule has 0 bridgehead atoms. The van der Waals surface area contributed by atoms with Crippen molar-refractivity contribution in [3.8, 4) is 10.4 Å². The van der Waals surface area contributed by atoms with Gasteiger partial charge in [-0.1, -0.05) is 75.2 Å². The second-order valence-electron chi connectivity index (χ2n) is 13.7. The number of hydrogen-bond donors (Lipinski definition) is 2. The molecule has 6 aromatic rings. The van der Waals surface area contributed by atoms with E-state index < -0.39 is 17.9 Å². The number of rotatable bonds is 4. The molecule has 0 saturated carbocycles. The summed E-state index contributed by atoms with van der Waals surface area (Å²) in [7, 11) is -1.38. The van der Waals surface area contributed by atoms with Gasteiger partial charge in [0.25, 0.3) is 0 Å². The van der Waals surface area contributed by atoms with Crippen LogP contribution >= 0.6 is 61.8 Å². The van der Waals surface area contributed by atoms with E-state index in [-0.39, 0.29) is 23.4 Å². The van der Waals surface area contributed by atoms with Crippen molar-refractivity contribution in [2.45, 2.75) is 39.5 Å². The first-order valence-corrected chi connectivity index (χ1v) is 19.6. The number of nitrogens with zero attached hydrogens (tertiary/aromatic N) is 2. The van der Waals surface area contributed by atoms with E-state index in [9.17, 15) is 9.59 Å². The van der Waals surface area contributed by atoms with Crippen molar-refractivity contribution >= 4 is 86.0 Å². The number of pyridine rings is 2. The summed E-state index contributed by atoms with van der Waals surface area (Å²) in [6.07, 6.45) is 6.58. The minimum absolute atomic E-state index is 0.0594. The lowest BCUT2D eigenvalue weighted by molar-refractivity contribution is 0.0844. The lowest BCUT2D eigenvalue weighted by Crippen LogP contribution is -2.29. The van der Waals surface area contributed by atoms with E-state index in [1.807, 2.05) is 88.4 Å². The maximum absolute atomic E-state index is 13.0. The van der Waals surface area contributed by atoms with Crippen molar-refractivity contribution in [3.63, 3.8) is 0 Å². The van der Waals surface area contributed by atoms with E-state index in [1.165, 1.54) is 23.7 Å². The van der Waals surface area contributed by atoms with Crippen molar-refractivity contribution in [2.75, 3.05) is 0 Å². The Hall–Kier alpha value is -3.48. The zero-order valence-electron chi connectivity index (χ0n) is 28.7. The number of ketones is 2. The lowest BCUT2D eigenvalue weighted by atomic mass is 9.75. The second-order valence-corrected chi connectivity index (χ2v) is 18.0. The van der Waals surface area contributed by atoms with Crippen LogP contribution in [0.15, 0.2) is 114 Å². The van der Waals surface area contributed by atoms with Gasteiger partial charge in [-0.05, 0) is 110 Å². The summed E-state index contributed by atoms with van der Waals surface area (Å²) in [6, 6.07) is 26.9. The Balaban J connectivity index is 0.000000147. The minimum Gasteiger partial charge on any atom is -0.423 e. The second kappa shape index (κ2) is 15.5. The molecule has 2 aliphatic carbocycles. The molecule has 2 N–H and O–H groups in total. The van der Waals surface area contributed by atoms with Crippen LogP contribution in [0.3, 0.4) is 0 Å². The van der Waals surface area contributed by atoms with Gasteiger partial charge in [-0.15, -0.1) is 22.7 Å². The SMILES string of the molecule is CC1(C)C(=O)c2sc(-c3ccncc3)cc2C1c1ccc(Cl)cc1.CC1(C)C(=O)c2sc(Br)cc2C1c1ccc(Cl)cc1.OB(O)c1ccncc1. The zero-order chi connectivity index (χ0) is 37.4. The number of carbonyl (C=O) groups excluding carboxylic acids is 2. The number of hydrogen-bond acceptors (Lipinski definition) is 8. The van der Waals surface area contributed by atoms with E-state index in [4.69, 9.17) is 33.2 Å². The highest BCUT2D eigenvalue weighted by Gasteiger charge is 2.49. The van der Waals surface area contributed by atoms with E-state index in [0.29, 0.717) is 10.5 Å². The molecular formula is C40H34BBrCl2N2O4S2. The number of thiophene rings is 2. The molecule has 2 unspecified atom stereocenters. The third-order valence-corrected chi connectivity index (χ3v) is 12.9. The van der Waals surface area contributed by atoms with Crippen molar-refractivity contribution in [2.24, 2.45) is 10.8 Å². The summed E-state index contributed by atoms with van der Waals surface area (Å²) in [6.45, 7) is 8.12. The third-order valence-electron chi connectivity index (χ3n) is 9.52. The summed E-state index contributed by atoms with van der Waals surface area (Å²) < 4.78 is 1.01. The summed E-state index contributed by atoms with van der Waals surface area (Å²) in [5, 5.41) is 18.5. The first-order chi connectivity index (χ1) is 24.7. The number of halogens is 3. The van der Waals surface area contributed by atoms with Crippen molar-refractivity contribution in [1.82, 2.24) is 9.97 Å². The first kappa shape index (κ1) is 38.3. The lowest BCUT2D eigenvalue weighted by Gasteiger charge is -2.26. The number of benzene rings is 2. The van der Waals surface area contributed by atoms with Crippen LogP contribution in [0, 0.1) is 10.8 Å². The molecule has 0 spiro atoms. The predicted molar refractivity (Wildman–Crippen MR) is 216 cm³/mol. The fraction of sp³-hybridized carbons (Fsp3) is 0.200. The van der Waals surface area contributed by atoms with Crippen LogP contribution in [0.25, 0.3) is 10.4 Å². The fourth-order valence-electron chi connectivity index (χ4n) is 6.88. The molecular weight excluding hydrogens is 798 g/mol. The maximum Gasteiger partial charge on any atom is 0.488 e. The molecule has 0 aliphatic heterocycles. The van der Waals surface area contributed by atoms with Gasteiger partial charge in [-0.3, -0.25) is 19.6 Å². The number of carbonyl (C=O) groups is 2. The molecule has 0 saturated heterocycles. The monoisotopic (exact) mass is 830 g/mol. The van der Waals surface area contributed by atoms with Crippen LogP contribution in [0.5, 0.6) is 0 Å². The summed E-state index contributed by atoms with van der Waals surface area (Å²) >= 11 is 18.6. The van der Waals surface area contributed by atoms with Crippen LogP contribution in [0.1, 0.15) is 81.1 Å². The highest BCUT2D eigenvalue weighted by molar-refractivity contribution is 9.11. The Kier molecular flexibility index (Phi) is 11.4. The molecule has 2 aromatic carbocycles. The molecule has 52 heavy (non-hydrogen) atoms. The predicted octanol–water partition coefficient (Wildman–Crippen LogP) is 10.1. The zero-order valence-corrected chi connectivity index (χ0v) is 33.4. The number of aromatic nitrogens is 2. The Morgan fingerprint density at radius 2 is 1.08 bits per heavy atom. The van der Waals surface area contributed by atoms with Crippen LogP contribution in [0.4, 0.5) is 0 Å². The fourth-order valence-corrected chi connectivity index (χ4v) is 10.2. The summed E-state index contributed by atoms with van der Waals surface area (Å²) in [5.74, 6) is 0.625. The summed E-state index contributed by atoms with van der Waals surface area (Å²) in [4.78, 5) is 36.2. The Bertz CT molecular complexity index is 2210. The average Bonchev–Trinajstić information content (AvgIpc) is 3.82. The molecule has 4 aromatic heterocycles. The van der Waals surface area contributed by atoms with Gasteiger partial charge in [0, 0.05) is 62.4 Å².